The second-order valence-corrected chi connectivity index (χ2v) is 9.50. The van der Waals surface area contributed by atoms with Crippen molar-refractivity contribution in [3.05, 3.63) is 72.3 Å². The first kappa shape index (κ1) is 23.2. The van der Waals surface area contributed by atoms with Crippen LogP contribution in [0.5, 0.6) is 0 Å². The van der Waals surface area contributed by atoms with Crippen LogP contribution in [0, 0.1) is 5.41 Å². The van der Waals surface area contributed by atoms with Gasteiger partial charge in [-0.15, -0.1) is 0 Å². The van der Waals surface area contributed by atoms with E-state index in [9.17, 15) is 4.79 Å². The Bertz CT molecular complexity index is 1060. The summed E-state index contributed by atoms with van der Waals surface area (Å²) < 4.78 is 1.96. The zero-order valence-corrected chi connectivity index (χ0v) is 20.0. The molecule has 0 radical (unpaired) electrons. The summed E-state index contributed by atoms with van der Waals surface area (Å²) in [5, 5.41) is 7.66. The second-order valence-electron chi connectivity index (χ2n) is 9.50. The monoisotopic (exact) mass is 445 g/mol. The Morgan fingerprint density at radius 1 is 1.18 bits per heavy atom. The molecule has 1 aliphatic heterocycles. The van der Waals surface area contributed by atoms with Gasteiger partial charge in [0, 0.05) is 55.4 Å². The summed E-state index contributed by atoms with van der Waals surface area (Å²) in [6.07, 6.45) is 10.4. The molecule has 0 unspecified atom stereocenters. The number of hydrogen-bond acceptors (Lipinski definition) is 4. The van der Waals surface area contributed by atoms with E-state index in [1.165, 1.54) is 11.1 Å². The number of rotatable bonds is 8. The second kappa shape index (κ2) is 10.3. The van der Waals surface area contributed by atoms with E-state index in [4.69, 9.17) is 0 Å². The van der Waals surface area contributed by atoms with Gasteiger partial charge in [-0.05, 0) is 63.8 Å². The van der Waals surface area contributed by atoms with Crippen LogP contribution in [-0.4, -0.2) is 44.7 Å². The fourth-order valence-electron chi connectivity index (χ4n) is 4.95. The van der Waals surface area contributed by atoms with Gasteiger partial charge in [-0.2, -0.15) is 5.10 Å². The maximum Gasteiger partial charge on any atom is 0.228 e. The Morgan fingerprint density at radius 2 is 2.03 bits per heavy atom. The zero-order chi connectivity index (χ0) is 23.3. The molecule has 1 fully saturated rings. The highest BCUT2D eigenvalue weighted by Crippen LogP contribution is 2.37. The zero-order valence-electron chi connectivity index (χ0n) is 20.0. The molecule has 1 amide bonds. The lowest BCUT2D eigenvalue weighted by molar-refractivity contribution is -0.135. The fraction of sp³-hybridized carbons (Fsp3) is 0.444. The van der Waals surface area contributed by atoms with E-state index in [-0.39, 0.29) is 11.9 Å². The molecule has 0 aliphatic carbocycles. The number of carbonyl (C=O) groups excluding carboxylic acids is 1. The Hall–Kier alpha value is -2.99. The first-order chi connectivity index (χ1) is 16.0. The van der Waals surface area contributed by atoms with E-state index in [0.29, 0.717) is 6.42 Å². The van der Waals surface area contributed by atoms with Gasteiger partial charge in [0.15, 0.2) is 0 Å². The van der Waals surface area contributed by atoms with Crippen molar-refractivity contribution in [3.8, 4) is 11.1 Å². The van der Waals surface area contributed by atoms with Crippen LogP contribution in [-0.2, 0) is 24.3 Å². The third kappa shape index (κ3) is 5.50. The van der Waals surface area contributed by atoms with E-state index in [1.54, 1.807) is 6.20 Å². The molecule has 1 atom stereocenters. The lowest BCUT2D eigenvalue weighted by Gasteiger charge is -2.42. The number of aryl methyl sites for hydroxylation is 1. The maximum atomic E-state index is 13.7. The standard InChI is InChI=1S/C27H35N5O/c1-4-32-19-22(16-29-32)18-31-14-8-12-27(20-31,26(33)30-21(2)3)15-23-9-5-6-11-25(23)24-10-7-13-28-17-24/h5-7,9-11,13,16-17,19,21H,4,8,12,14-15,18,20H2,1-3H3,(H,30,33)/t27-/m1/s1. The highest BCUT2D eigenvalue weighted by Gasteiger charge is 2.42. The molecule has 0 spiro atoms. The molecular formula is C27H35N5O. The summed E-state index contributed by atoms with van der Waals surface area (Å²) >= 11 is 0. The van der Waals surface area contributed by atoms with E-state index < -0.39 is 5.41 Å². The van der Waals surface area contributed by atoms with Crippen LogP contribution in [0.3, 0.4) is 0 Å². The molecule has 33 heavy (non-hydrogen) atoms. The minimum atomic E-state index is -0.471. The molecule has 174 valence electrons. The van der Waals surface area contributed by atoms with Crippen molar-refractivity contribution < 1.29 is 4.79 Å². The van der Waals surface area contributed by atoms with Crippen LogP contribution in [0.4, 0.5) is 0 Å². The quantitative estimate of drug-likeness (QED) is 0.561. The highest BCUT2D eigenvalue weighted by molar-refractivity contribution is 5.84. The smallest absolute Gasteiger partial charge is 0.228 e. The average Bonchev–Trinajstić information content (AvgIpc) is 3.27. The maximum absolute atomic E-state index is 13.7. The molecule has 3 heterocycles. The number of aromatic nitrogens is 3. The highest BCUT2D eigenvalue weighted by atomic mass is 16.2. The number of nitrogens with one attached hydrogen (secondary N) is 1. The minimum absolute atomic E-state index is 0.112. The van der Waals surface area contributed by atoms with Crippen LogP contribution in [0.25, 0.3) is 11.1 Å². The van der Waals surface area contributed by atoms with Gasteiger partial charge in [0.05, 0.1) is 11.6 Å². The van der Waals surface area contributed by atoms with Crippen LogP contribution in [0.15, 0.2) is 61.2 Å². The van der Waals surface area contributed by atoms with Gasteiger partial charge < -0.3 is 5.32 Å². The first-order valence-electron chi connectivity index (χ1n) is 12.0. The molecule has 6 nitrogen and oxygen atoms in total. The Kier molecular flexibility index (Phi) is 7.23. The van der Waals surface area contributed by atoms with E-state index in [2.05, 4.69) is 63.8 Å². The topological polar surface area (TPSA) is 63.1 Å². The number of likely N-dealkylation sites (tertiary alicyclic amines) is 1. The molecular weight excluding hydrogens is 410 g/mol. The predicted molar refractivity (Wildman–Crippen MR) is 132 cm³/mol. The summed E-state index contributed by atoms with van der Waals surface area (Å²) in [6.45, 7) is 9.60. The van der Waals surface area contributed by atoms with Crippen molar-refractivity contribution in [2.24, 2.45) is 5.41 Å². The summed E-state index contributed by atoms with van der Waals surface area (Å²) in [7, 11) is 0. The number of nitrogens with zero attached hydrogens (tertiary/aromatic N) is 4. The number of pyridine rings is 1. The van der Waals surface area contributed by atoms with Gasteiger partial charge in [-0.25, -0.2) is 0 Å². The minimum Gasteiger partial charge on any atom is -0.353 e. The van der Waals surface area contributed by atoms with Crippen molar-refractivity contribution in [3.63, 3.8) is 0 Å². The van der Waals surface area contributed by atoms with Gasteiger partial charge in [-0.1, -0.05) is 30.3 Å². The van der Waals surface area contributed by atoms with Crippen LogP contribution < -0.4 is 5.32 Å². The molecule has 6 heteroatoms. The normalized spacial score (nSPS) is 19.0. The van der Waals surface area contributed by atoms with Crippen molar-refractivity contribution in [2.45, 2.75) is 59.2 Å². The van der Waals surface area contributed by atoms with Crippen LogP contribution in [0.2, 0.25) is 0 Å². The predicted octanol–water partition coefficient (Wildman–Crippen LogP) is 4.31. The van der Waals surface area contributed by atoms with Crippen LogP contribution >= 0.6 is 0 Å². The molecule has 1 saturated heterocycles. The molecule has 1 aromatic carbocycles. The third-order valence-corrected chi connectivity index (χ3v) is 6.49. The molecule has 3 aromatic rings. The number of amides is 1. The number of piperidine rings is 1. The number of benzene rings is 1. The molecule has 0 bridgehead atoms. The first-order valence-corrected chi connectivity index (χ1v) is 12.0. The Labute approximate surface area is 197 Å². The van der Waals surface area contributed by atoms with Gasteiger partial charge in [0.2, 0.25) is 5.91 Å². The van der Waals surface area contributed by atoms with Crippen molar-refractivity contribution in [2.75, 3.05) is 13.1 Å². The summed E-state index contributed by atoms with van der Waals surface area (Å²) in [6, 6.07) is 12.6. The lowest BCUT2D eigenvalue weighted by Crippen LogP contribution is -2.54. The lowest BCUT2D eigenvalue weighted by atomic mass is 9.73. The van der Waals surface area contributed by atoms with E-state index in [1.807, 2.05) is 37.0 Å². The van der Waals surface area contributed by atoms with Gasteiger partial charge in [0.1, 0.15) is 0 Å². The van der Waals surface area contributed by atoms with Gasteiger partial charge >= 0.3 is 0 Å². The summed E-state index contributed by atoms with van der Waals surface area (Å²) in [5.74, 6) is 0.160. The van der Waals surface area contributed by atoms with E-state index in [0.717, 1.165) is 50.1 Å². The molecule has 2 aromatic heterocycles. The van der Waals surface area contributed by atoms with Crippen molar-refractivity contribution in [1.29, 1.82) is 0 Å². The molecule has 0 saturated carbocycles. The van der Waals surface area contributed by atoms with Crippen LogP contribution in [0.1, 0.15) is 44.7 Å². The Balaban J connectivity index is 1.63. The summed E-state index contributed by atoms with van der Waals surface area (Å²) in [5.41, 5.74) is 4.18. The fourth-order valence-corrected chi connectivity index (χ4v) is 4.95. The molecule has 1 aliphatic rings. The molecule has 4 rings (SSSR count). The van der Waals surface area contributed by atoms with Gasteiger partial charge in [0.25, 0.3) is 0 Å². The van der Waals surface area contributed by atoms with Gasteiger partial charge in [-0.3, -0.25) is 19.4 Å². The average molecular weight is 446 g/mol. The SMILES string of the molecule is CCn1cc(CN2CCC[C@](Cc3ccccc3-c3cccnc3)(C(=O)NC(C)C)C2)cn1. The van der Waals surface area contributed by atoms with Crippen molar-refractivity contribution in [1.82, 2.24) is 25.0 Å². The van der Waals surface area contributed by atoms with E-state index >= 15 is 0 Å². The largest absolute Gasteiger partial charge is 0.353 e. The number of hydrogen-bond donors (Lipinski definition) is 1. The van der Waals surface area contributed by atoms with Crippen molar-refractivity contribution >= 4 is 5.91 Å². The third-order valence-electron chi connectivity index (χ3n) is 6.49. The Morgan fingerprint density at radius 3 is 2.76 bits per heavy atom. The number of carbonyl (C=O) groups is 1. The summed E-state index contributed by atoms with van der Waals surface area (Å²) in [4.78, 5) is 20.4. The molecule has 1 N–H and O–H groups in total.